The van der Waals surface area contributed by atoms with Crippen molar-refractivity contribution in [2.24, 2.45) is 0 Å². The molecule has 0 aliphatic heterocycles. The van der Waals surface area contributed by atoms with Gasteiger partial charge in [-0.15, -0.1) is 0 Å². The Hall–Kier alpha value is -3.42. The summed E-state index contributed by atoms with van der Waals surface area (Å²) >= 11 is 0. The summed E-state index contributed by atoms with van der Waals surface area (Å²) in [5.74, 6) is -0.694. The molecule has 1 amide bonds. The molecule has 0 saturated carbocycles. The molecule has 8 nitrogen and oxygen atoms in total. The van der Waals surface area contributed by atoms with E-state index in [0.29, 0.717) is 17.0 Å². The zero-order valence-corrected chi connectivity index (χ0v) is 15.2. The van der Waals surface area contributed by atoms with Crippen molar-refractivity contribution in [1.29, 1.82) is 0 Å². The first-order valence-corrected chi connectivity index (χ1v) is 8.21. The highest BCUT2D eigenvalue weighted by Crippen LogP contribution is 2.21. The highest BCUT2D eigenvalue weighted by atomic mass is 16.6. The number of aryl methyl sites for hydroxylation is 2. The lowest BCUT2D eigenvalue weighted by Gasteiger charge is -2.14. The number of amides is 1. The Morgan fingerprint density at radius 2 is 1.93 bits per heavy atom. The number of hydrogen-bond acceptors (Lipinski definition) is 6. The van der Waals surface area contributed by atoms with Gasteiger partial charge in [0.05, 0.1) is 4.92 Å². The maximum Gasteiger partial charge on any atom is 0.347 e. The Bertz CT molecular complexity index is 865. The van der Waals surface area contributed by atoms with Crippen LogP contribution in [-0.4, -0.2) is 29.5 Å². The second kappa shape index (κ2) is 8.79. The van der Waals surface area contributed by atoms with Gasteiger partial charge in [0.2, 0.25) is 0 Å². The third kappa shape index (κ3) is 5.81. The van der Waals surface area contributed by atoms with E-state index in [1.807, 2.05) is 19.1 Å². The van der Waals surface area contributed by atoms with E-state index in [1.165, 1.54) is 25.1 Å². The Morgan fingerprint density at radius 3 is 2.56 bits per heavy atom. The van der Waals surface area contributed by atoms with Gasteiger partial charge >= 0.3 is 5.97 Å². The molecule has 0 heterocycles. The van der Waals surface area contributed by atoms with Crippen LogP contribution in [0.2, 0.25) is 0 Å². The average Bonchev–Trinajstić information content (AvgIpc) is 2.61. The lowest BCUT2D eigenvalue weighted by Crippen LogP contribution is -2.29. The van der Waals surface area contributed by atoms with E-state index in [9.17, 15) is 19.7 Å². The van der Waals surface area contributed by atoms with Gasteiger partial charge in [-0.1, -0.05) is 12.1 Å². The van der Waals surface area contributed by atoms with E-state index in [2.05, 4.69) is 5.32 Å². The van der Waals surface area contributed by atoms with Gasteiger partial charge in [-0.2, -0.15) is 0 Å². The summed E-state index contributed by atoms with van der Waals surface area (Å²) in [6.07, 6.45) is -0.874. The summed E-state index contributed by atoms with van der Waals surface area (Å²) in [6.45, 7) is 4.58. The van der Waals surface area contributed by atoms with Crippen LogP contribution in [0.25, 0.3) is 0 Å². The number of nitrogens with one attached hydrogen (secondary N) is 1. The second-order valence-corrected chi connectivity index (χ2v) is 5.99. The van der Waals surface area contributed by atoms with Crippen LogP contribution in [-0.2, 0) is 14.3 Å². The molecule has 0 unspecified atom stereocenters. The minimum Gasteiger partial charge on any atom is -0.479 e. The molecule has 8 heteroatoms. The summed E-state index contributed by atoms with van der Waals surface area (Å²) in [5, 5.41) is 13.3. The summed E-state index contributed by atoms with van der Waals surface area (Å²) in [6, 6.07) is 11.3. The predicted molar refractivity (Wildman–Crippen MR) is 98.7 cm³/mol. The number of ether oxygens (including phenoxy) is 2. The Labute approximate surface area is 156 Å². The molecule has 0 radical (unpaired) electrons. The van der Waals surface area contributed by atoms with Crippen LogP contribution < -0.4 is 10.1 Å². The molecule has 27 heavy (non-hydrogen) atoms. The summed E-state index contributed by atoms with van der Waals surface area (Å²) in [5.41, 5.74) is 1.86. The van der Waals surface area contributed by atoms with Crippen molar-refractivity contribution in [1.82, 2.24) is 0 Å². The van der Waals surface area contributed by atoms with E-state index in [1.54, 1.807) is 19.1 Å². The number of anilines is 1. The molecule has 1 atom stereocenters. The number of nitro benzene ring substituents is 1. The number of carbonyl (C=O) groups is 2. The zero-order valence-electron chi connectivity index (χ0n) is 15.2. The lowest BCUT2D eigenvalue weighted by molar-refractivity contribution is -0.384. The maximum absolute atomic E-state index is 12.0. The molecule has 2 aromatic rings. The topological polar surface area (TPSA) is 108 Å². The van der Waals surface area contributed by atoms with Gasteiger partial charge in [0, 0.05) is 17.8 Å². The zero-order chi connectivity index (χ0) is 20.0. The summed E-state index contributed by atoms with van der Waals surface area (Å²) in [7, 11) is 0. The number of rotatable bonds is 7. The Balaban J connectivity index is 1.85. The first-order chi connectivity index (χ1) is 12.8. The number of carbonyl (C=O) groups excluding carboxylic acids is 2. The van der Waals surface area contributed by atoms with Gasteiger partial charge in [0.15, 0.2) is 12.7 Å². The van der Waals surface area contributed by atoms with E-state index in [-0.39, 0.29) is 5.69 Å². The molecule has 2 aromatic carbocycles. The number of nitrogens with zero attached hydrogens (tertiary/aromatic N) is 1. The first-order valence-electron chi connectivity index (χ1n) is 8.21. The molecule has 0 aliphatic rings. The Morgan fingerprint density at radius 1 is 1.19 bits per heavy atom. The lowest BCUT2D eigenvalue weighted by atomic mass is 10.2. The van der Waals surface area contributed by atoms with Crippen molar-refractivity contribution in [3.63, 3.8) is 0 Å². The van der Waals surface area contributed by atoms with Crippen LogP contribution in [0.5, 0.6) is 5.75 Å². The van der Waals surface area contributed by atoms with Crippen LogP contribution in [0.15, 0.2) is 42.5 Å². The number of non-ortho nitro benzene ring substituents is 1. The fourth-order valence-corrected chi connectivity index (χ4v) is 2.28. The Kier molecular flexibility index (Phi) is 6.48. The van der Waals surface area contributed by atoms with Gasteiger partial charge in [-0.3, -0.25) is 14.9 Å². The van der Waals surface area contributed by atoms with Gasteiger partial charge in [-0.25, -0.2) is 4.79 Å². The van der Waals surface area contributed by atoms with Crippen molar-refractivity contribution < 1.29 is 24.0 Å². The van der Waals surface area contributed by atoms with Crippen LogP contribution in [0.1, 0.15) is 18.1 Å². The molecule has 0 fully saturated rings. The minimum atomic E-state index is -0.874. The van der Waals surface area contributed by atoms with E-state index in [0.717, 1.165) is 5.56 Å². The third-order valence-corrected chi connectivity index (χ3v) is 3.67. The molecular weight excluding hydrogens is 352 g/mol. The SMILES string of the molecule is Cc1cccc(O[C@H](C)C(=O)OCC(=O)Nc2ccc([N+](=O)[O-])cc2C)c1. The number of hydrogen-bond donors (Lipinski definition) is 1. The molecule has 1 N–H and O–H groups in total. The van der Waals surface area contributed by atoms with Crippen molar-refractivity contribution in [3.8, 4) is 5.75 Å². The molecule has 0 bridgehead atoms. The van der Waals surface area contributed by atoms with Crippen LogP contribution in [0.4, 0.5) is 11.4 Å². The normalized spacial score (nSPS) is 11.4. The van der Waals surface area contributed by atoms with Crippen molar-refractivity contribution >= 4 is 23.3 Å². The smallest absolute Gasteiger partial charge is 0.347 e. The molecule has 0 aliphatic carbocycles. The van der Waals surface area contributed by atoms with Crippen LogP contribution in [0.3, 0.4) is 0 Å². The quantitative estimate of drug-likeness (QED) is 0.454. The number of nitro groups is 1. The van der Waals surface area contributed by atoms with E-state index in [4.69, 9.17) is 9.47 Å². The molecule has 0 spiro atoms. The molecular formula is C19H20N2O6. The fraction of sp³-hybridized carbons (Fsp3) is 0.263. The van der Waals surface area contributed by atoms with Gasteiger partial charge in [0.25, 0.3) is 11.6 Å². The highest BCUT2D eigenvalue weighted by molar-refractivity contribution is 5.93. The van der Waals surface area contributed by atoms with Gasteiger partial charge in [0.1, 0.15) is 5.75 Å². The molecule has 142 valence electrons. The van der Waals surface area contributed by atoms with Crippen LogP contribution >= 0.6 is 0 Å². The van der Waals surface area contributed by atoms with Crippen molar-refractivity contribution in [2.45, 2.75) is 26.9 Å². The fourth-order valence-electron chi connectivity index (χ4n) is 2.28. The third-order valence-electron chi connectivity index (χ3n) is 3.67. The maximum atomic E-state index is 12.0. The summed E-state index contributed by atoms with van der Waals surface area (Å²) in [4.78, 5) is 34.1. The van der Waals surface area contributed by atoms with Crippen molar-refractivity contribution in [2.75, 3.05) is 11.9 Å². The predicted octanol–water partition coefficient (Wildman–Crippen LogP) is 3.16. The largest absolute Gasteiger partial charge is 0.479 e. The van der Waals surface area contributed by atoms with Gasteiger partial charge < -0.3 is 14.8 Å². The second-order valence-electron chi connectivity index (χ2n) is 5.99. The highest BCUT2D eigenvalue weighted by Gasteiger charge is 2.18. The monoisotopic (exact) mass is 372 g/mol. The average molecular weight is 372 g/mol. The van der Waals surface area contributed by atoms with E-state index >= 15 is 0 Å². The molecule has 0 saturated heterocycles. The summed E-state index contributed by atoms with van der Waals surface area (Å²) < 4.78 is 10.5. The molecule has 2 rings (SSSR count). The van der Waals surface area contributed by atoms with E-state index < -0.39 is 29.5 Å². The molecule has 0 aromatic heterocycles. The van der Waals surface area contributed by atoms with Crippen LogP contribution in [0, 0.1) is 24.0 Å². The standard InChI is InChI=1S/C19H20N2O6/c1-12-5-4-6-16(9-12)27-14(3)19(23)26-11-18(22)20-17-8-7-15(21(24)25)10-13(17)2/h4-10,14H,11H2,1-3H3,(H,20,22)/t14-/m1/s1. The number of benzene rings is 2. The first kappa shape index (κ1) is 19.9. The number of esters is 1. The van der Waals surface area contributed by atoms with Gasteiger partial charge in [-0.05, 0) is 50.1 Å². The minimum absolute atomic E-state index is 0.0703. The van der Waals surface area contributed by atoms with Crippen molar-refractivity contribution in [3.05, 3.63) is 63.7 Å².